The number of carboxylic acid groups (broad SMARTS) is 1. The molecule has 0 radical (unpaired) electrons. The van der Waals surface area contributed by atoms with Crippen molar-refractivity contribution in [2.24, 2.45) is 0 Å². The van der Waals surface area contributed by atoms with E-state index >= 15 is 0 Å². The molecule has 0 spiro atoms. The molecule has 0 heterocycles. The predicted molar refractivity (Wildman–Crippen MR) is 92.2 cm³/mol. The van der Waals surface area contributed by atoms with E-state index in [9.17, 15) is 9.59 Å². The molecule has 1 N–H and O–H groups in total. The topological polar surface area (TPSA) is 54.4 Å². The lowest BCUT2D eigenvalue weighted by atomic mass is 9.62. The third-order valence-electron chi connectivity index (χ3n) is 5.10. The van der Waals surface area contributed by atoms with Crippen LogP contribution in [0.4, 0.5) is 0 Å². The minimum atomic E-state index is -1.10. The summed E-state index contributed by atoms with van der Waals surface area (Å²) in [7, 11) is 0. The standard InChI is InChI=1S/C20H26O3/c1-6-13-11-15-16(20(4,5)10-9-19(15,2)3)12-14(13)17(21)7-8-18(22)23/h7-8,11-12H,6,9-10H2,1-5H3,(H,22,23)/b8-7+. The highest BCUT2D eigenvalue weighted by molar-refractivity contribution is 6.08. The first-order valence-corrected chi connectivity index (χ1v) is 8.22. The fourth-order valence-corrected chi connectivity index (χ4v) is 3.42. The number of allylic oxidation sites excluding steroid dienone is 1. The van der Waals surface area contributed by atoms with Crippen LogP contribution in [0.25, 0.3) is 0 Å². The van der Waals surface area contributed by atoms with E-state index in [1.165, 1.54) is 11.1 Å². The molecular formula is C20H26O3. The Labute approximate surface area is 138 Å². The fourth-order valence-electron chi connectivity index (χ4n) is 3.42. The first kappa shape index (κ1) is 17.5. The average Bonchev–Trinajstić information content (AvgIpc) is 2.48. The summed E-state index contributed by atoms with van der Waals surface area (Å²) in [4.78, 5) is 23.1. The van der Waals surface area contributed by atoms with Gasteiger partial charge in [0.2, 0.25) is 0 Å². The molecule has 0 saturated carbocycles. The Bertz CT molecular complexity index is 678. The Morgan fingerprint density at radius 3 is 2.04 bits per heavy atom. The molecule has 1 aliphatic carbocycles. The lowest BCUT2D eigenvalue weighted by molar-refractivity contribution is -0.131. The smallest absolute Gasteiger partial charge is 0.328 e. The highest BCUT2D eigenvalue weighted by Crippen LogP contribution is 2.46. The van der Waals surface area contributed by atoms with Crippen molar-refractivity contribution in [2.45, 2.75) is 64.7 Å². The van der Waals surface area contributed by atoms with Gasteiger partial charge in [-0.15, -0.1) is 0 Å². The van der Waals surface area contributed by atoms with Crippen LogP contribution in [0.15, 0.2) is 24.3 Å². The normalized spacial score (nSPS) is 18.7. The summed E-state index contributed by atoms with van der Waals surface area (Å²) in [6.07, 6.45) is 5.03. The van der Waals surface area contributed by atoms with Crippen molar-refractivity contribution in [3.63, 3.8) is 0 Å². The molecule has 1 aromatic carbocycles. The van der Waals surface area contributed by atoms with E-state index in [-0.39, 0.29) is 16.6 Å². The van der Waals surface area contributed by atoms with E-state index in [1.54, 1.807) is 0 Å². The van der Waals surface area contributed by atoms with Gasteiger partial charge in [-0.1, -0.05) is 40.7 Å². The van der Waals surface area contributed by atoms with Gasteiger partial charge in [-0.05, 0) is 58.9 Å². The molecule has 3 nitrogen and oxygen atoms in total. The summed E-state index contributed by atoms with van der Waals surface area (Å²) in [5, 5.41) is 8.74. The highest BCUT2D eigenvalue weighted by atomic mass is 16.4. The largest absolute Gasteiger partial charge is 0.478 e. The van der Waals surface area contributed by atoms with E-state index < -0.39 is 5.97 Å². The number of hydrogen-bond acceptors (Lipinski definition) is 2. The van der Waals surface area contributed by atoms with Gasteiger partial charge in [0.25, 0.3) is 0 Å². The highest BCUT2D eigenvalue weighted by Gasteiger charge is 2.37. The maximum Gasteiger partial charge on any atom is 0.328 e. The zero-order valence-corrected chi connectivity index (χ0v) is 14.7. The molecule has 0 unspecified atom stereocenters. The number of ketones is 1. The van der Waals surface area contributed by atoms with E-state index in [4.69, 9.17) is 5.11 Å². The van der Waals surface area contributed by atoms with Crippen LogP contribution < -0.4 is 0 Å². The molecule has 0 fully saturated rings. The van der Waals surface area contributed by atoms with Gasteiger partial charge in [-0.3, -0.25) is 4.79 Å². The Morgan fingerprint density at radius 2 is 1.57 bits per heavy atom. The molecule has 0 aliphatic heterocycles. The number of carbonyl (C=O) groups excluding carboxylic acids is 1. The van der Waals surface area contributed by atoms with Crippen molar-refractivity contribution in [1.82, 2.24) is 0 Å². The minimum Gasteiger partial charge on any atom is -0.478 e. The zero-order valence-electron chi connectivity index (χ0n) is 14.7. The molecule has 3 heteroatoms. The van der Waals surface area contributed by atoms with Gasteiger partial charge in [-0.2, -0.15) is 0 Å². The van der Waals surface area contributed by atoms with Gasteiger partial charge in [0, 0.05) is 11.6 Å². The van der Waals surface area contributed by atoms with Gasteiger partial charge >= 0.3 is 5.97 Å². The molecule has 124 valence electrons. The van der Waals surface area contributed by atoms with E-state index in [2.05, 4.69) is 33.8 Å². The lowest BCUT2D eigenvalue weighted by Gasteiger charge is -2.42. The lowest BCUT2D eigenvalue weighted by Crippen LogP contribution is -2.34. The van der Waals surface area contributed by atoms with Crippen molar-refractivity contribution in [1.29, 1.82) is 0 Å². The summed E-state index contributed by atoms with van der Waals surface area (Å²) in [5.41, 5.74) is 4.31. The van der Waals surface area contributed by atoms with Gasteiger partial charge in [0.1, 0.15) is 0 Å². The number of benzene rings is 1. The van der Waals surface area contributed by atoms with Gasteiger partial charge in [0.15, 0.2) is 5.78 Å². The van der Waals surface area contributed by atoms with Crippen LogP contribution in [0.3, 0.4) is 0 Å². The third-order valence-corrected chi connectivity index (χ3v) is 5.10. The van der Waals surface area contributed by atoms with Crippen molar-refractivity contribution in [3.05, 3.63) is 46.5 Å². The number of carboxylic acids is 1. The SMILES string of the molecule is CCc1cc2c(cc1C(=O)/C=C/C(=O)O)C(C)(C)CCC2(C)C. The molecule has 0 saturated heterocycles. The number of rotatable bonds is 4. The van der Waals surface area contributed by atoms with Gasteiger partial charge < -0.3 is 5.11 Å². The van der Waals surface area contributed by atoms with Crippen LogP contribution in [0.5, 0.6) is 0 Å². The Balaban J connectivity index is 2.62. The van der Waals surface area contributed by atoms with Crippen molar-refractivity contribution < 1.29 is 14.7 Å². The van der Waals surface area contributed by atoms with E-state index in [0.29, 0.717) is 5.56 Å². The first-order chi connectivity index (χ1) is 10.6. The quantitative estimate of drug-likeness (QED) is 0.661. The minimum absolute atomic E-state index is 0.0304. The molecule has 2 rings (SSSR count). The average molecular weight is 314 g/mol. The van der Waals surface area contributed by atoms with E-state index in [0.717, 1.165) is 37.0 Å². The molecule has 0 atom stereocenters. The number of carbonyl (C=O) groups is 2. The number of fused-ring (bicyclic) bond motifs is 1. The van der Waals surface area contributed by atoms with Gasteiger partial charge in [-0.25, -0.2) is 4.79 Å². The number of hydrogen-bond donors (Lipinski definition) is 1. The van der Waals surface area contributed by atoms with Crippen molar-refractivity contribution in [2.75, 3.05) is 0 Å². The van der Waals surface area contributed by atoms with Gasteiger partial charge in [0.05, 0.1) is 0 Å². The van der Waals surface area contributed by atoms with Crippen LogP contribution in [0.1, 0.15) is 74.5 Å². The molecule has 0 bridgehead atoms. The van der Waals surface area contributed by atoms with Crippen molar-refractivity contribution >= 4 is 11.8 Å². The van der Waals surface area contributed by atoms with Crippen LogP contribution >= 0.6 is 0 Å². The monoisotopic (exact) mass is 314 g/mol. The predicted octanol–water partition coefficient (Wildman–Crippen LogP) is 4.42. The van der Waals surface area contributed by atoms with Crippen LogP contribution in [0.2, 0.25) is 0 Å². The Hall–Kier alpha value is -1.90. The zero-order chi connectivity index (χ0) is 17.4. The second kappa shape index (κ2) is 5.95. The molecule has 0 amide bonds. The second-order valence-electron chi connectivity index (χ2n) is 7.71. The molecule has 1 aromatic rings. The fraction of sp³-hybridized carbons (Fsp3) is 0.500. The molecule has 0 aromatic heterocycles. The molecular weight excluding hydrogens is 288 g/mol. The molecule has 23 heavy (non-hydrogen) atoms. The maximum atomic E-state index is 12.4. The summed E-state index contributed by atoms with van der Waals surface area (Å²) >= 11 is 0. The van der Waals surface area contributed by atoms with Crippen LogP contribution in [-0.2, 0) is 22.0 Å². The Morgan fingerprint density at radius 1 is 1.04 bits per heavy atom. The Kier molecular flexibility index (Phi) is 4.52. The van der Waals surface area contributed by atoms with Crippen LogP contribution in [-0.4, -0.2) is 16.9 Å². The summed E-state index contributed by atoms with van der Waals surface area (Å²) in [5.74, 6) is -1.33. The summed E-state index contributed by atoms with van der Waals surface area (Å²) in [6.45, 7) is 11.0. The van der Waals surface area contributed by atoms with Crippen molar-refractivity contribution in [3.8, 4) is 0 Å². The summed E-state index contributed by atoms with van der Waals surface area (Å²) in [6, 6.07) is 4.17. The number of aliphatic carboxylic acids is 1. The maximum absolute atomic E-state index is 12.4. The molecule has 1 aliphatic rings. The van der Waals surface area contributed by atoms with E-state index in [1.807, 2.05) is 13.0 Å². The number of aryl methyl sites for hydroxylation is 1. The first-order valence-electron chi connectivity index (χ1n) is 8.22. The van der Waals surface area contributed by atoms with Crippen LogP contribution in [0, 0.1) is 0 Å². The third kappa shape index (κ3) is 3.39. The summed E-state index contributed by atoms with van der Waals surface area (Å²) < 4.78 is 0. The second-order valence-corrected chi connectivity index (χ2v) is 7.71.